The van der Waals surface area contributed by atoms with Crippen molar-refractivity contribution in [2.45, 2.75) is 84.0 Å². The van der Waals surface area contributed by atoms with Crippen LogP contribution < -0.4 is 11.3 Å². The molecule has 4 heterocycles. The van der Waals surface area contributed by atoms with Crippen LogP contribution in [0.1, 0.15) is 78.3 Å². The number of amides is 1. The predicted molar refractivity (Wildman–Crippen MR) is 143 cm³/mol. The van der Waals surface area contributed by atoms with E-state index in [4.69, 9.17) is 20.6 Å². The molecule has 8 nitrogen and oxygen atoms in total. The molecule has 0 saturated heterocycles. The van der Waals surface area contributed by atoms with Gasteiger partial charge in [0.05, 0.1) is 34.9 Å². The quantitative estimate of drug-likeness (QED) is 0.387. The molecule has 0 bridgehead atoms. The second-order valence-corrected chi connectivity index (χ2v) is 11.1. The number of carbonyl (C=O) groups is 2. The number of esters is 1. The molecule has 3 aromatic rings. The lowest BCUT2D eigenvalue weighted by atomic mass is 9.84. The number of halogens is 1. The van der Waals surface area contributed by atoms with Gasteiger partial charge < -0.3 is 20.1 Å². The Kier molecular flexibility index (Phi) is 6.29. The summed E-state index contributed by atoms with van der Waals surface area (Å²) in [6.07, 6.45) is 5.24. The van der Waals surface area contributed by atoms with Crippen molar-refractivity contribution in [1.29, 1.82) is 0 Å². The van der Waals surface area contributed by atoms with E-state index in [9.17, 15) is 18.8 Å². The first-order valence-corrected chi connectivity index (χ1v) is 13.7. The van der Waals surface area contributed by atoms with Gasteiger partial charge >= 0.3 is 5.97 Å². The number of hydrogen-bond donors (Lipinski definition) is 2. The van der Waals surface area contributed by atoms with Crippen LogP contribution >= 0.6 is 0 Å². The molecule has 0 spiro atoms. The van der Waals surface area contributed by atoms with E-state index < -0.39 is 17.9 Å². The molecule has 1 aromatic carbocycles. The lowest BCUT2D eigenvalue weighted by molar-refractivity contribution is -0.148. The number of carbonyl (C=O) groups excluding carboxylic acids is 2. The monoisotopic (exact) mass is 533 g/mol. The molecule has 2 aliphatic heterocycles. The number of cyclic esters (lactones) is 1. The first-order chi connectivity index (χ1) is 18.7. The van der Waals surface area contributed by atoms with Gasteiger partial charge in [-0.2, -0.15) is 0 Å². The minimum Gasteiger partial charge on any atom is -0.460 e. The topological polar surface area (TPSA) is 125 Å². The molecule has 0 radical (unpaired) electrons. The molecular formula is C30H32FN3O5. The minimum atomic E-state index is -0.905. The van der Waals surface area contributed by atoms with Gasteiger partial charge in [0.15, 0.2) is 0 Å². The number of aliphatic hydroxyl groups is 1. The van der Waals surface area contributed by atoms with Crippen molar-refractivity contribution in [2.24, 2.45) is 11.7 Å². The van der Waals surface area contributed by atoms with Gasteiger partial charge in [-0.25, -0.2) is 9.37 Å². The zero-order chi connectivity index (χ0) is 27.6. The highest BCUT2D eigenvalue weighted by Crippen LogP contribution is 2.42. The maximum atomic E-state index is 14.6. The van der Waals surface area contributed by atoms with E-state index in [-0.39, 0.29) is 24.0 Å². The number of pyridine rings is 2. The summed E-state index contributed by atoms with van der Waals surface area (Å²) in [7, 11) is 0. The second-order valence-electron chi connectivity index (χ2n) is 11.1. The molecule has 9 heteroatoms. The van der Waals surface area contributed by atoms with Crippen LogP contribution in [0.5, 0.6) is 0 Å². The molecule has 7 rings (SSSR count). The lowest BCUT2D eigenvalue weighted by Crippen LogP contribution is -2.32. The van der Waals surface area contributed by atoms with E-state index in [1.807, 2.05) is 19.9 Å². The molecule has 2 aliphatic carbocycles. The van der Waals surface area contributed by atoms with E-state index in [0.717, 1.165) is 65.6 Å². The summed E-state index contributed by atoms with van der Waals surface area (Å²) in [5.41, 5.74) is 12.2. The average molecular weight is 534 g/mol. The summed E-state index contributed by atoms with van der Waals surface area (Å²) >= 11 is 0. The maximum Gasteiger partial charge on any atom is 0.313 e. The number of aliphatic hydroxyl groups excluding tert-OH is 1. The number of hydrogen-bond acceptors (Lipinski definition) is 6. The second kappa shape index (κ2) is 9.55. The summed E-state index contributed by atoms with van der Waals surface area (Å²) in [4.78, 5) is 40.6. The van der Waals surface area contributed by atoms with Crippen molar-refractivity contribution < 1.29 is 23.8 Å². The standard InChI is InChI=1S/C24H21FN2O3.C6H11NO2/c1-3-12-15-7-20-22-16(9-27(20)23(28)17(15)10-30-24(12)29)14-6-4-5-13-11(2)18(25)8-19(26-22)21(13)14;7-6(9)5(8)3-4-1-2-4/h7-8,12H,3-6,9-10H2,1-2H3;4-5,8H,1-3H2,(H2,7,9). The molecule has 3 N–H and O–H groups in total. The summed E-state index contributed by atoms with van der Waals surface area (Å²) in [6.45, 7) is 4.25. The molecule has 2 aromatic heterocycles. The van der Waals surface area contributed by atoms with Crippen molar-refractivity contribution >= 4 is 22.8 Å². The summed E-state index contributed by atoms with van der Waals surface area (Å²) in [5, 5.41) is 9.93. The minimum absolute atomic E-state index is 0.0247. The Morgan fingerprint density at radius 2 is 1.95 bits per heavy atom. The zero-order valence-corrected chi connectivity index (χ0v) is 22.2. The van der Waals surface area contributed by atoms with Gasteiger partial charge in [0.1, 0.15) is 18.5 Å². The van der Waals surface area contributed by atoms with Crippen LogP contribution in [0.2, 0.25) is 0 Å². The van der Waals surface area contributed by atoms with Crippen molar-refractivity contribution in [2.75, 3.05) is 0 Å². The molecule has 1 saturated carbocycles. The maximum absolute atomic E-state index is 14.6. The molecule has 2 unspecified atom stereocenters. The molecule has 4 aliphatic rings. The van der Waals surface area contributed by atoms with Crippen LogP contribution in [-0.4, -0.2) is 32.6 Å². The van der Waals surface area contributed by atoms with Crippen LogP contribution in [0.25, 0.3) is 22.3 Å². The van der Waals surface area contributed by atoms with Crippen LogP contribution in [0, 0.1) is 18.7 Å². The lowest BCUT2D eigenvalue weighted by Gasteiger charge is -2.24. The van der Waals surface area contributed by atoms with Crippen LogP contribution in [0.3, 0.4) is 0 Å². The predicted octanol–water partition coefficient (Wildman–Crippen LogP) is 3.54. The van der Waals surface area contributed by atoms with Crippen molar-refractivity contribution in [3.63, 3.8) is 0 Å². The highest BCUT2D eigenvalue weighted by molar-refractivity contribution is 5.92. The smallest absolute Gasteiger partial charge is 0.313 e. The summed E-state index contributed by atoms with van der Waals surface area (Å²) < 4.78 is 21.6. The highest BCUT2D eigenvalue weighted by Gasteiger charge is 2.35. The fourth-order valence-electron chi connectivity index (χ4n) is 6.32. The number of benzene rings is 1. The highest BCUT2D eigenvalue weighted by atomic mass is 19.1. The van der Waals surface area contributed by atoms with Gasteiger partial charge in [0.2, 0.25) is 5.91 Å². The Hall–Kier alpha value is -3.59. The van der Waals surface area contributed by atoms with Crippen molar-refractivity contribution in [3.8, 4) is 11.4 Å². The van der Waals surface area contributed by atoms with E-state index in [1.54, 1.807) is 4.57 Å². The van der Waals surface area contributed by atoms with E-state index in [0.29, 0.717) is 41.9 Å². The third kappa shape index (κ3) is 4.23. The molecular weight excluding hydrogens is 501 g/mol. The first-order valence-electron chi connectivity index (χ1n) is 13.7. The fraction of sp³-hybridized carbons (Fsp3) is 0.467. The van der Waals surface area contributed by atoms with Crippen molar-refractivity contribution in [1.82, 2.24) is 9.55 Å². The van der Waals surface area contributed by atoms with Gasteiger partial charge in [-0.15, -0.1) is 0 Å². The Morgan fingerprint density at radius 1 is 1.21 bits per heavy atom. The Morgan fingerprint density at radius 3 is 2.64 bits per heavy atom. The number of nitrogens with zero attached hydrogens (tertiary/aromatic N) is 2. The number of primary amides is 1. The van der Waals surface area contributed by atoms with E-state index in [1.165, 1.54) is 11.6 Å². The Bertz CT molecular complexity index is 1610. The summed E-state index contributed by atoms with van der Waals surface area (Å²) in [5.74, 6) is -0.972. The molecule has 204 valence electrons. The number of nitrogens with two attached hydrogens (primary N) is 1. The zero-order valence-electron chi connectivity index (χ0n) is 22.2. The molecule has 1 fully saturated rings. The van der Waals surface area contributed by atoms with Crippen LogP contribution in [0.4, 0.5) is 4.39 Å². The molecule has 1 amide bonds. The number of aryl methyl sites for hydroxylation is 2. The van der Waals surface area contributed by atoms with Gasteiger partial charge in [0, 0.05) is 17.0 Å². The molecule has 39 heavy (non-hydrogen) atoms. The number of fused-ring (bicyclic) bond motifs is 5. The fourth-order valence-corrected chi connectivity index (χ4v) is 6.32. The van der Waals surface area contributed by atoms with E-state index >= 15 is 0 Å². The SMILES string of the molecule is CCC1C(=O)OCc2c1cc1n(c2=O)Cc2c-1nc1cc(F)c(C)c3c1c2CCC3.NC(=O)C(O)CC1CC1. The largest absolute Gasteiger partial charge is 0.460 e. The van der Waals surface area contributed by atoms with Crippen LogP contribution in [-0.2, 0) is 40.3 Å². The molecule has 2 atom stereocenters. The number of rotatable bonds is 4. The van der Waals surface area contributed by atoms with E-state index in [2.05, 4.69) is 0 Å². The van der Waals surface area contributed by atoms with Crippen molar-refractivity contribution in [3.05, 3.63) is 61.7 Å². The van der Waals surface area contributed by atoms with Gasteiger partial charge in [-0.05, 0) is 73.3 Å². The van der Waals surface area contributed by atoms with Gasteiger partial charge in [-0.3, -0.25) is 14.4 Å². The van der Waals surface area contributed by atoms with Gasteiger partial charge in [0.25, 0.3) is 5.56 Å². The first kappa shape index (κ1) is 25.7. The van der Waals surface area contributed by atoms with Crippen LogP contribution in [0.15, 0.2) is 16.9 Å². The number of aromatic nitrogens is 2. The average Bonchev–Trinajstić information content (AvgIpc) is 3.66. The Labute approximate surface area is 225 Å². The Balaban J connectivity index is 0.000000263. The normalized spacial score (nSPS) is 19.4. The number of ether oxygens (including phenoxy) is 1. The summed E-state index contributed by atoms with van der Waals surface area (Å²) in [6, 6.07) is 3.46. The third-order valence-corrected chi connectivity index (χ3v) is 8.67. The third-order valence-electron chi connectivity index (χ3n) is 8.67. The van der Waals surface area contributed by atoms with Gasteiger partial charge in [-0.1, -0.05) is 19.8 Å².